The van der Waals surface area contributed by atoms with Crippen LogP contribution in [-0.2, 0) is 13.2 Å². The van der Waals surface area contributed by atoms with Crippen molar-refractivity contribution in [3.05, 3.63) is 61.6 Å². The summed E-state index contributed by atoms with van der Waals surface area (Å²) in [5, 5.41) is 3.32. The molecule has 4 heteroatoms. The highest BCUT2D eigenvalue weighted by Gasteiger charge is 2.03. The van der Waals surface area contributed by atoms with Gasteiger partial charge in [-0.05, 0) is 59.0 Å². The third-order valence-corrected chi connectivity index (χ3v) is 4.30. The maximum Gasteiger partial charge on any atom is 0.120 e. The number of ether oxygens (including phenoxy) is 1. The van der Waals surface area contributed by atoms with Crippen LogP contribution in [0.2, 0.25) is 0 Å². The molecule has 2 aromatic rings. The van der Waals surface area contributed by atoms with Crippen molar-refractivity contribution in [1.29, 1.82) is 0 Å². The minimum absolute atomic E-state index is 0.572. The molecule has 0 saturated carbocycles. The smallest absolute Gasteiger partial charge is 0.120 e. The van der Waals surface area contributed by atoms with E-state index < -0.39 is 0 Å². The fraction of sp³-hybridized carbons (Fsp3) is 0.250. The highest BCUT2D eigenvalue weighted by molar-refractivity contribution is 14.1. The van der Waals surface area contributed by atoms with E-state index in [4.69, 9.17) is 4.74 Å². The predicted octanol–water partition coefficient (Wildman–Crippen LogP) is 4.74. The number of hydrogen-bond donors (Lipinski definition) is 1. The fourth-order valence-electron chi connectivity index (χ4n) is 1.81. The lowest BCUT2D eigenvalue weighted by molar-refractivity contribution is 0.305. The molecule has 1 N–H and O–H groups in total. The molecular weight excluding hydrogens is 429 g/mol. The van der Waals surface area contributed by atoms with Gasteiger partial charge in [0.15, 0.2) is 0 Å². The van der Waals surface area contributed by atoms with E-state index in [0.29, 0.717) is 6.61 Å². The number of benzene rings is 2. The molecule has 20 heavy (non-hydrogen) atoms. The van der Waals surface area contributed by atoms with Gasteiger partial charge in [0.25, 0.3) is 0 Å². The summed E-state index contributed by atoms with van der Waals surface area (Å²) >= 11 is 5.91. The second-order valence-corrected chi connectivity index (χ2v) is 6.55. The van der Waals surface area contributed by atoms with E-state index in [1.54, 1.807) is 0 Å². The van der Waals surface area contributed by atoms with Crippen molar-refractivity contribution in [2.45, 2.75) is 20.1 Å². The maximum atomic E-state index is 5.82. The summed E-state index contributed by atoms with van der Waals surface area (Å²) in [6.45, 7) is 4.56. The Morgan fingerprint density at radius 1 is 1.20 bits per heavy atom. The second-order valence-electron chi connectivity index (χ2n) is 4.45. The summed E-state index contributed by atoms with van der Waals surface area (Å²) in [6.07, 6.45) is 0. The van der Waals surface area contributed by atoms with E-state index in [1.165, 1.54) is 9.13 Å². The van der Waals surface area contributed by atoms with Gasteiger partial charge in [-0.15, -0.1) is 0 Å². The molecule has 0 heterocycles. The van der Waals surface area contributed by atoms with Crippen molar-refractivity contribution in [2.24, 2.45) is 0 Å². The molecule has 106 valence electrons. The third kappa shape index (κ3) is 4.75. The van der Waals surface area contributed by atoms with Gasteiger partial charge in [-0.2, -0.15) is 0 Å². The van der Waals surface area contributed by atoms with E-state index >= 15 is 0 Å². The highest BCUT2D eigenvalue weighted by Crippen LogP contribution is 2.22. The van der Waals surface area contributed by atoms with Crippen molar-refractivity contribution >= 4 is 38.5 Å². The van der Waals surface area contributed by atoms with E-state index in [1.807, 2.05) is 18.2 Å². The van der Waals surface area contributed by atoms with Crippen LogP contribution in [0, 0.1) is 3.57 Å². The first-order valence-corrected chi connectivity index (χ1v) is 8.42. The molecule has 0 aliphatic heterocycles. The van der Waals surface area contributed by atoms with Crippen molar-refractivity contribution < 1.29 is 4.74 Å². The van der Waals surface area contributed by atoms with Crippen LogP contribution in [0.3, 0.4) is 0 Å². The first kappa shape index (κ1) is 15.8. The minimum atomic E-state index is 0.572. The number of hydrogen-bond acceptors (Lipinski definition) is 2. The van der Waals surface area contributed by atoms with Gasteiger partial charge in [0.2, 0.25) is 0 Å². The van der Waals surface area contributed by atoms with E-state index in [9.17, 15) is 0 Å². The Morgan fingerprint density at radius 3 is 2.75 bits per heavy atom. The van der Waals surface area contributed by atoms with Crippen LogP contribution < -0.4 is 10.1 Å². The predicted molar refractivity (Wildman–Crippen MR) is 95.0 cm³/mol. The van der Waals surface area contributed by atoms with E-state index in [0.717, 1.165) is 28.9 Å². The molecule has 0 aromatic heterocycles. The lowest BCUT2D eigenvalue weighted by Gasteiger charge is -2.10. The Hall–Kier alpha value is -0.590. The molecule has 2 rings (SSSR count). The SMILES string of the molecule is CCNCc1ccc(COc2cccc(I)c2)c(Br)c1. The van der Waals surface area contributed by atoms with Crippen molar-refractivity contribution in [3.8, 4) is 5.75 Å². The van der Waals surface area contributed by atoms with Crippen molar-refractivity contribution in [2.75, 3.05) is 6.54 Å². The van der Waals surface area contributed by atoms with Crippen LogP contribution in [0.1, 0.15) is 18.1 Å². The number of nitrogens with one attached hydrogen (secondary N) is 1. The Labute approximate surface area is 142 Å². The summed E-state index contributed by atoms with van der Waals surface area (Å²) in [4.78, 5) is 0. The fourth-order valence-corrected chi connectivity index (χ4v) is 2.86. The molecule has 0 amide bonds. The Kier molecular flexibility index (Phi) is 6.32. The quantitative estimate of drug-likeness (QED) is 0.648. The zero-order valence-corrected chi connectivity index (χ0v) is 15.1. The van der Waals surface area contributed by atoms with Gasteiger partial charge in [0.05, 0.1) is 0 Å². The largest absolute Gasteiger partial charge is 0.489 e. The van der Waals surface area contributed by atoms with Gasteiger partial charge < -0.3 is 10.1 Å². The summed E-state index contributed by atoms with van der Waals surface area (Å²) in [7, 11) is 0. The first-order valence-electron chi connectivity index (χ1n) is 6.55. The highest BCUT2D eigenvalue weighted by atomic mass is 127. The van der Waals surface area contributed by atoms with Gasteiger partial charge in [0.1, 0.15) is 12.4 Å². The standard InChI is InChI=1S/C16H17BrINO/c1-2-19-10-12-6-7-13(16(17)8-12)11-20-15-5-3-4-14(18)9-15/h3-9,19H,2,10-11H2,1H3. The molecule has 0 aliphatic carbocycles. The van der Waals surface area contributed by atoms with Crippen LogP contribution in [0.15, 0.2) is 46.9 Å². The molecule has 0 atom stereocenters. The number of rotatable bonds is 6. The summed E-state index contributed by atoms with van der Waals surface area (Å²) in [5.74, 6) is 0.903. The average molecular weight is 446 g/mol. The van der Waals surface area contributed by atoms with Crippen LogP contribution in [0.25, 0.3) is 0 Å². The molecule has 2 aromatic carbocycles. The Balaban J connectivity index is 1.99. The van der Waals surface area contributed by atoms with Crippen LogP contribution >= 0.6 is 38.5 Å². The zero-order valence-electron chi connectivity index (χ0n) is 11.3. The van der Waals surface area contributed by atoms with Gasteiger partial charge in [-0.1, -0.05) is 41.1 Å². The molecular formula is C16H17BrINO. The molecule has 2 nitrogen and oxygen atoms in total. The zero-order chi connectivity index (χ0) is 14.4. The topological polar surface area (TPSA) is 21.3 Å². The van der Waals surface area contributed by atoms with Crippen LogP contribution in [0.5, 0.6) is 5.75 Å². The lowest BCUT2D eigenvalue weighted by Crippen LogP contribution is -2.11. The molecule has 0 saturated heterocycles. The first-order chi connectivity index (χ1) is 9.69. The molecule has 0 bridgehead atoms. The molecule has 0 fully saturated rings. The Bertz CT molecular complexity index is 574. The van der Waals surface area contributed by atoms with Crippen molar-refractivity contribution in [1.82, 2.24) is 5.32 Å². The van der Waals surface area contributed by atoms with Gasteiger partial charge in [-0.25, -0.2) is 0 Å². The van der Waals surface area contributed by atoms with E-state index in [-0.39, 0.29) is 0 Å². The van der Waals surface area contributed by atoms with Gasteiger partial charge >= 0.3 is 0 Å². The second kappa shape index (κ2) is 8.00. The van der Waals surface area contributed by atoms with Gasteiger partial charge in [0, 0.05) is 20.2 Å². The van der Waals surface area contributed by atoms with Gasteiger partial charge in [-0.3, -0.25) is 0 Å². The average Bonchev–Trinajstić information content (AvgIpc) is 2.44. The van der Waals surface area contributed by atoms with Crippen molar-refractivity contribution in [3.63, 3.8) is 0 Å². The summed E-state index contributed by atoms with van der Waals surface area (Å²) in [6, 6.07) is 14.5. The Morgan fingerprint density at radius 2 is 2.05 bits per heavy atom. The maximum absolute atomic E-state index is 5.82. The molecule has 0 radical (unpaired) electrons. The lowest BCUT2D eigenvalue weighted by atomic mass is 10.1. The summed E-state index contributed by atoms with van der Waals surface area (Å²) in [5.41, 5.74) is 2.43. The molecule has 0 unspecified atom stereocenters. The minimum Gasteiger partial charge on any atom is -0.489 e. The monoisotopic (exact) mass is 445 g/mol. The normalized spacial score (nSPS) is 10.6. The molecule has 0 spiro atoms. The van der Waals surface area contributed by atoms with Crippen LogP contribution in [-0.4, -0.2) is 6.54 Å². The third-order valence-electron chi connectivity index (χ3n) is 2.89. The number of halogens is 2. The van der Waals surface area contributed by atoms with Crippen LogP contribution in [0.4, 0.5) is 0 Å². The molecule has 0 aliphatic rings. The summed E-state index contributed by atoms with van der Waals surface area (Å²) < 4.78 is 8.10. The van der Waals surface area contributed by atoms with E-state index in [2.05, 4.69) is 75.0 Å².